The standard InChI is InChI=1S/C18H23F2N5O2/c1-10(2)25-16(26)23-15(24-17(25)27)22-13(14(19)20)11-6-5-7-12(8-11)18(3,4)9-21/h5-8,10,13-15,22H,1-4H3,(H,23,26)(H,24,27)/t13-/m1/s1. The Hall–Kier alpha value is -2.73. The molecule has 1 fully saturated rings. The Morgan fingerprint density at radius 1 is 1.22 bits per heavy atom. The SMILES string of the molecule is CC(C)N1C(=O)NC(N[C@H](c2cccc(C(C)(C)C#N)c2)C(F)F)NC1=O. The molecule has 146 valence electrons. The van der Waals surface area contributed by atoms with E-state index in [-0.39, 0.29) is 11.6 Å². The summed E-state index contributed by atoms with van der Waals surface area (Å²) >= 11 is 0. The third-order valence-corrected chi connectivity index (χ3v) is 4.33. The van der Waals surface area contributed by atoms with Gasteiger partial charge in [0.2, 0.25) is 0 Å². The number of nitrogens with zero attached hydrogens (tertiary/aromatic N) is 2. The van der Waals surface area contributed by atoms with E-state index in [4.69, 9.17) is 0 Å². The van der Waals surface area contributed by atoms with Crippen molar-refractivity contribution in [2.75, 3.05) is 0 Å². The molecule has 1 aromatic rings. The van der Waals surface area contributed by atoms with Gasteiger partial charge in [-0.15, -0.1) is 0 Å². The molecule has 1 saturated heterocycles. The van der Waals surface area contributed by atoms with E-state index in [1.165, 1.54) is 12.1 Å². The highest BCUT2D eigenvalue weighted by molar-refractivity contribution is 5.96. The lowest BCUT2D eigenvalue weighted by Crippen LogP contribution is -2.69. The highest BCUT2D eigenvalue weighted by Crippen LogP contribution is 2.28. The van der Waals surface area contributed by atoms with Crippen molar-refractivity contribution in [2.24, 2.45) is 0 Å². The minimum absolute atomic E-state index is 0.251. The maximum Gasteiger partial charge on any atom is 0.328 e. The lowest BCUT2D eigenvalue weighted by Gasteiger charge is -2.36. The van der Waals surface area contributed by atoms with Gasteiger partial charge in [0.1, 0.15) is 0 Å². The predicted octanol–water partition coefficient (Wildman–Crippen LogP) is 2.81. The third-order valence-electron chi connectivity index (χ3n) is 4.33. The summed E-state index contributed by atoms with van der Waals surface area (Å²) in [5.74, 6) is 0. The van der Waals surface area contributed by atoms with Crippen LogP contribution in [0.15, 0.2) is 24.3 Å². The Balaban J connectivity index is 2.23. The average molecular weight is 379 g/mol. The van der Waals surface area contributed by atoms with Gasteiger partial charge in [0.15, 0.2) is 6.29 Å². The minimum atomic E-state index is -2.80. The minimum Gasteiger partial charge on any atom is -0.304 e. The molecule has 27 heavy (non-hydrogen) atoms. The second-order valence-corrected chi connectivity index (χ2v) is 7.14. The molecule has 2 rings (SSSR count). The van der Waals surface area contributed by atoms with Gasteiger partial charge in [-0.1, -0.05) is 24.3 Å². The summed E-state index contributed by atoms with van der Waals surface area (Å²) in [6.45, 7) is 6.71. The maximum absolute atomic E-state index is 13.7. The Labute approximate surface area is 156 Å². The largest absolute Gasteiger partial charge is 0.328 e. The summed E-state index contributed by atoms with van der Waals surface area (Å²) in [5.41, 5.74) is 0.00605. The van der Waals surface area contributed by atoms with Gasteiger partial charge in [-0.3, -0.25) is 5.32 Å². The first-order valence-electron chi connectivity index (χ1n) is 8.53. The van der Waals surface area contributed by atoms with Gasteiger partial charge >= 0.3 is 12.1 Å². The van der Waals surface area contributed by atoms with Gasteiger partial charge in [0.25, 0.3) is 6.43 Å². The van der Waals surface area contributed by atoms with Crippen molar-refractivity contribution < 1.29 is 18.4 Å². The topological polar surface area (TPSA) is 97.3 Å². The van der Waals surface area contributed by atoms with Crippen LogP contribution in [0.5, 0.6) is 0 Å². The lowest BCUT2D eigenvalue weighted by atomic mass is 9.85. The third kappa shape index (κ3) is 4.52. The number of nitriles is 1. The van der Waals surface area contributed by atoms with Crippen LogP contribution in [-0.4, -0.2) is 35.7 Å². The van der Waals surface area contributed by atoms with Crippen LogP contribution in [0.4, 0.5) is 18.4 Å². The number of urea groups is 2. The first kappa shape index (κ1) is 20.6. The van der Waals surface area contributed by atoms with Crippen molar-refractivity contribution in [3.05, 3.63) is 35.4 Å². The normalized spacial score (nSPS) is 16.9. The van der Waals surface area contributed by atoms with Crippen molar-refractivity contribution in [3.8, 4) is 6.07 Å². The maximum atomic E-state index is 13.7. The molecule has 1 aliphatic heterocycles. The summed E-state index contributed by atoms with van der Waals surface area (Å²) in [7, 11) is 0. The fraction of sp³-hybridized carbons (Fsp3) is 0.500. The number of hydrogen-bond donors (Lipinski definition) is 3. The summed E-state index contributed by atoms with van der Waals surface area (Å²) in [6, 6.07) is 5.30. The number of alkyl halides is 2. The van der Waals surface area contributed by atoms with Gasteiger partial charge in [-0.25, -0.2) is 23.3 Å². The van der Waals surface area contributed by atoms with Crippen LogP contribution in [0.2, 0.25) is 0 Å². The number of carbonyl (C=O) groups excluding carboxylic acids is 2. The highest BCUT2D eigenvalue weighted by Gasteiger charge is 2.36. The monoisotopic (exact) mass is 379 g/mol. The molecule has 0 aromatic heterocycles. The molecule has 0 radical (unpaired) electrons. The van der Waals surface area contributed by atoms with Gasteiger partial charge in [-0.05, 0) is 38.8 Å². The number of rotatable bonds is 6. The van der Waals surface area contributed by atoms with Crippen LogP contribution in [0.25, 0.3) is 0 Å². The molecular weight excluding hydrogens is 356 g/mol. The van der Waals surface area contributed by atoms with E-state index < -0.39 is 36.2 Å². The van der Waals surface area contributed by atoms with Gasteiger partial charge in [0, 0.05) is 6.04 Å². The number of halogens is 2. The van der Waals surface area contributed by atoms with Crippen LogP contribution in [0.3, 0.4) is 0 Å². The Morgan fingerprint density at radius 3 is 2.30 bits per heavy atom. The predicted molar refractivity (Wildman–Crippen MR) is 94.8 cm³/mol. The second kappa shape index (κ2) is 7.88. The molecule has 1 atom stereocenters. The molecule has 4 amide bonds. The zero-order chi connectivity index (χ0) is 20.4. The molecule has 9 heteroatoms. The van der Waals surface area contributed by atoms with E-state index in [1.54, 1.807) is 39.8 Å². The second-order valence-electron chi connectivity index (χ2n) is 7.14. The molecule has 1 aromatic carbocycles. The van der Waals surface area contributed by atoms with E-state index in [1.807, 2.05) is 0 Å². The fourth-order valence-corrected chi connectivity index (χ4v) is 2.75. The molecule has 7 nitrogen and oxygen atoms in total. The van der Waals surface area contributed by atoms with Crippen molar-refractivity contribution in [1.82, 2.24) is 20.9 Å². The number of imide groups is 1. The molecule has 0 unspecified atom stereocenters. The van der Waals surface area contributed by atoms with Crippen molar-refractivity contribution >= 4 is 12.1 Å². The van der Waals surface area contributed by atoms with E-state index in [9.17, 15) is 23.6 Å². The lowest BCUT2D eigenvalue weighted by molar-refractivity contribution is 0.0805. The van der Waals surface area contributed by atoms with E-state index in [0.717, 1.165) is 4.90 Å². The Morgan fingerprint density at radius 2 is 1.81 bits per heavy atom. The van der Waals surface area contributed by atoms with Crippen LogP contribution in [0.1, 0.15) is 44.9 Å². The molecule has 0 spiro atoms. The first-order valence-corrected chi connectivity index (χ1v) is 8.53. The Bertz CT molecular complexity index is 742. The van der Waals surface area contributed by atoms with Crippen LogP contribution in [0, 0.1) is 11.3 Å². The summed E-state index contributed by atoms with van der Waals surface area (Å²) < 4.78 is 27.4. The zero-order valence-corrected chi connectivity index (χ0v) is 15.6. The molecule has 0 saturated carbocycles. The molecule has 0 aliphatic carbocycles. The number of nitrogens with one attached hydrogen (secondary N) is 3. The van der Waals surface area contributed by atoms with Gasteiger partial charge < -0.3 is 10.6 Å². The zero-order valence-electron chi connectivity index (χ0n) is 15.6. The number of benzene rings is 1. The summed E-state index contributed by atoms with van der Waals surface area (Å²) in [5, 5.41) is 16.7. The molecular formula is C18H23F2N5O2. The molecule has 3 N–H and O–H groups in total. The van der Waals surface area contributed by atoms with Gasteiger partial charge in [0.05, 0.1) is 17.5 Å². The van der Waals surface area contributed by atoms with Crippen LogP contribution >= 0.6 is 0 Å². The number of carbonyl (C=O) groups is 2. The molecule has 1 heterocycles. The fourth-order valence-electron chi connectivity index (χ4n) is 2.75. The van der Waals surface area contributed by atoms with Gasteiger partial charge in [-0.2, -0.15) is 5.26 Å². The van der Waals surface area contributed by atoms with Crippen LogP contribution in [-0.2, 0) is 5.41 Å². The van der Waals surface area contributed by atoms with Crippen molar-refractivity contribution in [1.29, 1.82) is 5.26 Å². The molecule has 1 aliphatic rings. The smallest absolute Gasteiger partial charge is 0.304 e. The number of amides is 4. The summed E-state index contributed by atoms with van der Waals surface area (Å²) in [4.78, 5) is 25.1. The highest BCUT2D eigenvalue weighted by atomic mass is 19.3. The van der Waals surface area contributed by atoms with E-state index in [0.29, 0.717) is 5.56 Å². The van der Waals surface area contributed by atoms with Crippen molar-refractivity contribution in [3.63, 3.8) is 0 Å². The quantitative estimate of drug-likeness (QED) is 0.708. The van der Waals surface area contributed by atoms with Crippen molar-refractivity contribution in [2.45, 2.75) is 57.9 Å². The van der Waals surface area contributed by atoms with Crippen LogP contribution < -0.4 is 16.0 Å². The van der Waals surface area contributed by atoms with E-state index in [2.05, 4.69) is 22.0 Å². The number of hydrogen-bond acceptors (Lipinski definition) is 4. The summed E-state index contributed by atoms with van der Waals surface area (Å²) in [6.07, 6.45) is -3.95. The first-order chi connectivity index (χ1) is 12.6. The molecule has 0 bridgehead atoms. The van der Waals surface area contributed by atoms with E-state index >= 15 is 0 Å². The Kier molecular flexibility index (Phi) is 6.01. The average Bonchev–Trinajstić information content (AvgIpc) is 2.58.